The number of amides is 5. The number of nitrogens with two attached hydrogens (primary N) is 1. The highest BCUT2D eigenvalue weighted by atomic mass is 16.6. The Kier molecular flexibility index (Phi) is 28.7. The van der Waals surface area contributed by atoms with Crippen LogP contribution in [0.15, 0.2) is 24.3 Å². The van der Waals surface area contributed by atoms with Gasteiger partial charge in [0.1, 0.15) is 11.6 Å². The summed E-state index contributed by atoms with van der Waals surface area (Å²) < 4.78 is 13.6. The van der Waals surface area contributed by atoms with Gasteiger partial charge >= 0.3 is 29.8 Å². The Bertz CT molecular complexity index is 1660. The van der Waals surface area contributed by atoms with E-state index in [0.717, 1.165) is 19.3 Å². The van der Waals surface area contributed by atoms with Crippen molar-refractivity contribution in [3.8, 4) is 0 Å². The molecule has 356 valence electrons. The Balaban J connectivity index is 0.000000564. The van der Waals surface area contributed by atoms with Crippen molar-refractivity contribution in [1.29, 1.82) is 0 Å². The van der Waals surface area contributed by atoms with E-state index >= 15 is 0 Å². The number of ether oxygens (including phenoxy) is 3. The van der Waals surface area contributed by atoms with Crippen molar-refractivity contribution < 1.29 is 76.9 Å². The molecule has 1 fully saturated rings. The smallest absolute Gasteiger partial charge is 0.314 e. The van der Waals surface area contributed by atoms with E-state index in [1.807, 2.05) is 0 Å². The van der Waals surface area contributed by atoms with Crippen molar-refractivity contribution in [2.24, 2.45) is 17.6 Å². The van der Waals surface area contributed by atoms with Crippen LogP contribution in [0.4, 0.5) is 0 Å². The topological polar surface area (TPSA) is 297 Å². The van der Waals surface area contributed by atoms with E-state index in [1.165, 1.54) is 48.3 Å². The van der Waals surface area contributed by atoms with Crippen LogP contribution in [0.2, 0.25) is 0 Å². The van der Waals surface area contributed by atoms with E-state index in [0.29, 0.717) is 96.8 Å². The van der Waals surface area contributed by atoms with E-state index in [1.54, 1.807) is 0 Å². The fraction of sp³-hybridized carbons (Fsp3) is 0.636. The van der Waals surface area contributed by atoms with Gasteiger partial charge in [-0.3, -0.25) is 67.3 Å². The maximum atomic E-state index is 12.3. The molecule has 1 saturated heterocycles. The highest BCUT2D eigenvalue weighted by molar-refractivity contribution is 6.13. The molecule has 3 aliphatic heterocycles. The first kappa shape index (κ1) is 56.1. The molecule has 0 saturated carbocycles. The molecule has 3 rings (SSSR count). The third-order valence-electron chi connectivity index (χ3n) is 10.1. The predicted molar refractivity (Wildman–Crippen MR) is 226 cm³/mol. The number of carboxylic acids is 1. The Morgan fingerprint density at radius 3 is 1.39 bits per heavy atom. The summed E-state index contributed by atoms with van der Waals surface area (Å²) in [6.45, 7) is 1.65. The number of unbranched alkanes of at least 4 members (excludes halogenated alkanes) is 6. The van der Waals surface area contributed by atoms with Gasteiger partial charge in [-0.15, -0.1) is 0 Å². The Morgan fingerprint density at radius 1 is 0.609 bits per heavy atom. The van der Waals surface area contributed by atoms with E-state index in [4.69, 9.17) is 20.3 Å². The average Bonchev–Trinajstić information content (AvgIpc) is 3.92. The van der Waals surface area contributed by atoms with Crippen LogP contribution in [0, 0.1) is 11.8 Å². The van der Waals surface area contributed by atoms with E-state index in [9.17, 15) is 57.5 Å². The summed E-state index contributed by atoms with van der Waals surface area (Å²) in [5, 5.41) is 11.2. The van der Waals surface area contributed by atoms with Crippen LogP contribution in [0.5, 0.6) is 0 Å². The molecule has 0 spiro atoms. The molecular formula is C44H64N4O16. The first-order valence-electron chi connectivity index (χ1n) is 21.7. The third kappa shape index (κ3) is 24.6. The summed E-state index contributed by atoms with van der Waals surface area (Å²) in [4.78, 5) is 138. The fourth-order valence-corrected chi connectivity index (χ4v) is 6.55. The Labute approximate surface area is 373 Å². The van der Waals surface area contributed by atoms with Crippen LogP contribution in [-0.4, -0.2) is 126 Å². The molecule has 0 aliphatic carbocycles. The van der Waals surface area contributed by atoms with Gasteiger partial charge in [0, 0.05) is 76.0 Å². The molecule has 64 heavy (non-hydrogen) atoms. The van der Waals surface area contributed by atoms with Crippen LogP contribution in [0.25, 0.3) is 0 Å². The van der Waals surface area contributed by atoms with E-state index < -0.39 is 35.7 Å². The number of Topliss-reactive ketones (excluding diaryl/α,β-unsaturated/α-hetero) is 2. The number of hydrogen-bond donors (Lipinski definition) is 3. The number of hydrogen-bond acceptors (Lipinski definition) is 16. The number of imide groups is 2. The van der Waals surface area contributed by atoms with Gasteiger partial charge in [0.25, 0.3) is 23.6 Å². The lowest BCUT2D eigenvalue weighted by atomic mass is 9.94. The second-order valence-corrected chi connectivity index (χ2v) is 15.2. The largest absolute Gasteiger partial charge is 0.481 e. The highest BCUT2D eigenvalue weighted by Gasteiger charge is 2.26. The van der Waals surface area contributed by atoms with Gasteiger partial charge in [-0.05, 0) is 57.9 Å². The minimum atomic E-state index is -1.03. The number of aliphatic carboxylic acids is 1. The van der Waals surface area contributed by atoms with Crippen molar-refractivity contribution in [3.63, 3.8) is 0 Å². The van der Waals surface area contributed by atoms with Crippen LogP contribution in [-0.2, 0) is 71.7 Å². The van der Waals surface area contributed by atoms with Gasteiger partial charge in [-0.1, -0.05) is 25.7 Å². The van der Waals surface area contributed by atoms with Crippen LogP contribution in [0.3, 0.4) is 0 Å². The molecule has 0 aromatic heterocycles. The quantitative estimate of drug-likeness (QED) is 0.0307. The zero-order valence-electron chi connectivity index (χ0n) is 37.0. The maximum absolute atomic E-state index is 12.3. The molecule has 5 amide bonds. The molecule has 0 radical (unpaired) electrons. The summed E-state index contributed by atoms with van der Waals surface area (Å²) in [6, 6.07) is 0. The lowest BCUT2D eigenvalue weighted by Crippen LogP contribution is -2.30. The monoisotopic (exact) mass is 904 g/mol. The average molecular weight is 905 g/mol. The van der Waals surface area contributed by atoms with Gasteiger partial charge in [0.05, 0.1) is 45.3 Å². The standard InChI is InChI=1S/C22H32N2O8.C18H28N2O5.C4H4O3/c1-32-22(31)16(7-4-5-13-23-18(26)9-12-21(29)30)15-17(25)8-3-2-6-14-24-19(27)10-11-20(24)28;1-25-18(24)14(7-4-5-11-19)13-15(21)8-3-2-6-12-20-16(22)9-10-17(20)23;5-3-1-2-4(6)7-3/h10-11,16H,2-9,12-15H2,1H3,(H,23,26)(H,29,30);9-10,14H,2-8,11-13,19H2,1H3;1-2H2. The third-order valence-corrected chi connectivity index (χ3v) is 10.1. The van der Waals surface area contributed by atoms with E-state index in [2.05, 4.69) is 10.1 Å². The highest BCUT2D eigenvalue weighted by Crippen LogP contribution is 2.19. The number of methoxy groups -OCH3 is 2. The fourth-order valence-electron chi connectivity index (χ4n) is 6.55. The van der Waals surface area contributed by atoms with Gasteiger partial charge in [0.15, 0.2) is 0 Å². The number of nitrogens with zero attached hydrogens (tertiary/aromatic N) is 2. The summed E-state index contributed by atoms with van der Waals surface area (Å²) in [6.07, 6.45) is 14.2. The van der Waals surface area contributed by atoms with Crippen molar-refractivity contribution in [2.75, 3.05) is 40.4 Å². The molecule has 0 aromatic carbocycles. The number of rotatable bonds is 30. The molecule has 2 unspecified atom stereocenters. The lowest BCUT2D eigenvalue weighted by molar-refractivity contribution is -0.152. The number of ketones is 2. The molecule has 0 aromatic rings. The number of cyclic esters (lactones) is 2. The zero-order chi connectivity index (χ0) is 47.9. The summed E-state index contributed by atoms with van der Waals surface area (Å²) in [7, 11) is 2.61. The van der Waals surface area contributed by atoms with Gasteiger partial charge in [0.2, 0.25) is 5.91 Å². The minimum absolute atomic E-state index is 0.0399. The molecule has 4 N–H and O–H groups in total. The Morgan fingerprint density at radius 2 is 1.03 bits per heavy atom. The molecule has 3 heterocycles. The number of carboxylic acid groups (broad SMARTS) is 1. The minimum Gasteiger partial charge on any atom is -0.481 e. The second-order valence-electron chi connectivity index (χ2n) is 15.2. The van der Waals surface area contributed by atoms with Crippen molar-refractivity contribution in [1.82, 2.24) is 15.1 Å². The predicted octanol–water partition coefficient (Wildman–Crippen LogP) is 2.57. The van der Waals surface area contributed by atoms with E-state index in [-0.39, 0.29) is 85.6 Å². The first-order chi connectivity index (χ1) is 30.5. The second kappa shape index (κ2) is 32.7. The molecule has 0 bridgehead atoms. The van der Waals surface area contributed by atoms with Crippen LogP contribution >= 0.6 is 0 Å². The summed E-state index contributed by atoms with van der Waals surface area (Å²) in [5.74, 6) is -5.06. The molecule has 3 aliphatic rings. The Hall–Kier alpha value is -5.92. The van der Waals surface area contributed by atoms with Gasteiger partial charge < -0.3 is 30.4 Å². The summed E-state index contributed by atoms with van der Waals surface area (Å²) >= 11 is 0. The van der Waals surface area contributed by atoms with Gasteiger partial charge in [-0.2, -0.15) is 0 Å². The number of esters is 4. The zero-order valence-corrected chi connectivity index (χ0v) is 37.0. The molecular weight excluding hydrogens is 840 g/mol. The van der Waals surface area contributed by atoms with Crippen molar-refractivity contribution >= 4 is 70.9 Å². The molecule has 20 nitrogen and oxygen atoms in total. The normalized spacial score (nSPS) is 14.9. The van der Waals surface area contributed by atoms with Crippen molar-refractivity contribution in [2.45, 2.75) is 128 Å². The maximum Gasteiger partial charge on any atom is 0.314 e. The van der Waals surface area contributed by atoms with Crippen molar-refractivity contribution in [3.05, 3.63) is 24.3 Å². The van der Waals surface area contributed by atoms with Crippen LogP contribution in [0.1, 0.15) is 128 Å². The van der Waals surface area contributed by atoms with Crippen LogP contribution < -0.4 is 11.1 Å². The molecule has 2 atom stereocenters. The number of carbonyl (C=O) groups is 12. The van der Waals surface area contributed by atoms with Gasteiger partial charge in [-0.25, -0.2) is 0 Å². The number of nitrogens with one attached hydrogen (secondary N) is 1. The lowest BCUT2D eigenvalue weighted by Gasteiger charge is -2.15. The summed E-state index contributed by atoms with van der Waals surface area (Å²) in [5.41, 5.74) is 5.45. The number of carbonyl (C=O) groups excluding carboxylic acids is 11. The molecule has 20 heteroatoms. The first-order valence-corrected chi connectivity index (χ1v) is 21.7. The SMILES string of the molecule is COC(=O)C(CCCCN)CC(=O)CCCCCN1C(=O)C=CC1=O.COC(=O)C(CCCCNC(=O)CCC(=O)O)CC(=O)CCCCCN1C(=O)C=CC1=O.O=C1CCC(=O)O1.